The summed E-state index contributed by atoms with van der Waals surface area (Å²) in [6.45, 7) is 3.99. The summed E-state index contributed by atoms with van der Waals surface area (Å²) in [7, 11) is 0. The highest BCUT2D eigenvalue weighted by Crippen LogP contribution is 2.23. The maximum absolute atomic E-state index is 13.5. The third-order valence-electron chi connectivity index (χ3n) is 2.54. The summed E-state index contributed by atoms with van der Waals surface area (Å²) in [6.07, 6.45) is 0. The quantitative estimate of drug-likeness (QED) is 0.833. The first-order chi connectivity index (χ1) is 7.66. The van der Waals surface area contributed by atoms with Gasteiger partial charge >= 0.3 is 0 Å². The summed E-state index contributed by atoms with van der Waals surface area (Å²) in [4.78, 5) is 0. The number of benzene rings is 1. The van der Waals surface area contributed by atoms with Crippen molar-refractivity contribution in [2.45, 2.75) is 19.9 Å². The Morgan fingerprint density at radius 3 is 2.81 bits per heavy atom. The van der Waals surface area contributed by atoms with E-state index in [-0.39, 0.29) is 11.9 Å². The van der Waals surface area contributed by atoms with Gasteiger partial charge in [-0.05, 0) is 53.9 Å². The van der Waals surface area contributed by atoms with Crippen molar-refractivity contribution in [1.82, 2.24) is 0 Å². The van der Waals surface area contributed by atoms with Gasteiger partial charge in [0.1, 0.15) is 5.82 Å². The molecule has 0 fully saturated rings. The minimum absolute atomic E-state index is 0.127. The fourth-order valence-electron chi connectivity index (χ4n) is 1.59. The molecule has 1 aromatic heterocycles. The van der Waals surface area contributed by atoms with Crippen LogP contribution in [0.1, 0.15) is 24.1 Å². The molecule has 1 unspecified atom stereocenters. The number of thiophene rings is 1. The molecule has 0 amide bonds. The lowest BCUT2D eigenvalue weighted by molar-refractivity contribution is 0.627. The molecule has 1 aromatic carbocycles. The van der Waals surface area contributed by atoms with Crippen LogP contribution in [0.25, 0.3) is 0 Å². The molecule has 84 valence electrons. The largest absolute Gasteiger partial charge is 0.376 e. The SMILES string of the molecule is Cc1ccc(F)c(NC(C)c2ccsc2)c1. The van der Waals surface area contributed by atoms with Crippen LogP contribution < -0.4 is 5.32 Å². The molecule has 2 aromatic rings. The standard InChI is InChI=1S/C13H14FNS/c1-9-3-4-12(14)13(7-9)15-10(2)11-5-6-16-8-11/h3-8,10,15H,1-2H3. The number of aryl methyl sites for hydroxylation is 1. The van der Waals surface area contributed by atoms with Gasteiger partial charge in [0, 0.05) is 6.04 Å². The van der Waals surface area contributed by atoms with Crippen molar-refractivity contribution in [1.29, 1.82) is 0 Å². The molecule has 16 heavy (non-hydrogen) atoms. The van der Waals surface area contributed by atoms with Crippen LogP contribution in [0, 0.1) is 12.7 Å². The van der Waals surface area contributed by atoms with Gasteiger partial charge in [0.15, 0.2) is 0 Å². The molecule has 0 spiro atoms. The minimum atomic E-state index is -0.201. The molecule has 1 nitrogen and oxygen atoms in total. The van der Waals surface area contributed by atoms with Crippen LogP contribution in [0.2, 0.25) is 0 Å². The number of hydrogen-bond donors (Lipinski definition) is 1. The molecule has 0 radical (unpaired) electrons. The molecule has 0 aliphatic rings. The zero-order valence-corrected chi connectivity index (χ0v) is 10.1. The number of rotatable bonds is 3. The summed E-state index contributed by atoms with van der Waals surface area (Å²) in [5.41, 5.74) is 2.81. The van der Waals surface area contributed by atoms with Gasteiger partial charge in [0.25, 0.3) is 0 Å². The Morgan fingerprint density at radius 1 is 1.31 bits per heavy atom. The van der Waals surface area contributed by atoms with Crippen LogP contribution in [0.15, 0.2) is 35.0 Å². The van der Waals surface area contributed by atoms with Gasteiger partial charge < -0.3 is 5.32 Å². The smallest absolute Gasteiger partial charge is 0.146 e. The maximum Gasteiger partial charge on any atom is 0.146 e. The third-order valence-corrected chi connectivity index (χ3v) is 3.24. The summed E-state index contributed by atoms with van der Waals surface area (Å²) in [5.74, 6) is -0.201. The van der Waals surface area contributed by atoms with E-state index in [0.717, 1.165) is 5.56 Å². The average Bonchev–Trinajstić information content (AvgIpc) is 2.76. The van der Waals surface area contributed by atoms with Gasteiger partial charge in [-0.25, -0.2) is 4.39 Å². The molecule has 1 N–H and O–H groups in total. The van der Waals surface area contributed by atoms with Crippen molar-refractivity contribution in [2.24, 2.45) is 0 Å². The monoisotopic (exact) mass is 235 g/mol. The molecule has 0 bridgehead atoms. The Morgan fingerprint density at radius 2 is 2.12 bits per heavy atom. The maximum atomic E-state index is 13.5. The van der Waals surface area contributed by atoms with E-state index >= 15 is 0 Å². The van der Waals surface area contributed by atoms with Crippen molar-refractivity contribution in [2.75, 3.05) is 5.32 Å². The van der Waals surface area contributed by atoms with Crippen LogP contribution in [-0.2, 0) is 0 Å². The Kier molecular flexibility index (Phi) is 3.25. The number of hydrogen-bond acceptors (Lipinski definition) is 2. The fraction of sp³-hybridized carbons (Fsp3) is 0.231. The van der Waals surface area contributed by atoms with Crippen LogP contribution >= 0.6 is 11.3 Å². The molecule has 1 atom stereocenters. The molecule has 1 heterocycles. The first-order valence-electron chi connectivity index (χ1n) is 5.21. The summed E-state index contributed by atoms with van der Waals surface area (Å²) < 4.78 is 13.5. The lowest BCUT2D eigenvalue weighted by Gasteiger charge is -2.15. The molecular weight excluding hydrogens is 221 g/mol. The Balaban J connectivity index is 2.17. The van der Waals surface area contributed by atoms with Crippen molar-refractivity contribution in [3.63, 3.8) is 0 Å². The number of halogens is 1. The van der Waals surface area contributed by atoms with Gasteiger partial charge in [0.2, 0.25) is 0 Å². The summed E-state index contributed by atoms with van der Waals surface area (Å²) >= 11 is 1.65. The minimum Gasteiger partial charge on any atom is -0.376 e. The van der Waals surface area contributed by atoms with Gasteiger partial charge in [-0.2, -0.15) is 11.3 Å². The van der Waals surface area contributed by atoms with E-state index in [4.69, 9.17) is 0 Å². The Labute approximate surface area is 98.9 Å². The van der Waals surface area contributed by atoms with E-state index in [1.165, 1.54) is 11.6 Å². The first kappa shape index (κ1) is 11.1. The van der Waals surface area contributed by atoms with Crippen molar-refractivity contribution >= 4 is 17.0 Å². The fourth-order valence-corrected chi connectivity index (χ4v) is 2.34. The third kappa shape index (κ3) is 2.42. The normalized spacial score (nSPS) is 12.4. The van der Waals surface area contributed by atoms with Crippen LogP contribution in [-0.4, -0.2) is 0 Å². The van der Waals surface area contributed by atoms with Gasteiger partial charge in [-0.1, -0.05) is 6.07 Å². The molecule has 0 saturated carbocycles. The van der Waals surface area contributed by atoms with Crippen molar-refractivity contribution in [3.8, 4) is 0 Å². The molecule has 0 aliphatic carbocycles. The van der Waals surface area contributed by atoms with E-state index in [1.807, 2.05) is 25.3 Å². The lowest BCUT2D eigenvalue weighted by Crippen LogP contribution is -2.07. The number of anilines is 1. The number of nitrogens with one attached hydrogen (secondary N) is 1. The molecular formula is C13H14FNS. The van der Waals surface area contributed by atoms with E-state index in [0.29, 0.717) is 5.69 Å². The Bertz CT molecular complexity index is 465. The van der Waals surface area contributed by atoms with Gasteiger partial charge in [-0.15, -0.1) is 0 Å². The zero-order valence-electron chi connectivity index (χ0n) is 9.33. The molecule has 0 aliphatic heterocycles. The first-order valence-corrected chi connectivity index (χ1v) is 6.16. The Hall–Kier alpha value is -1.35. The predicted molar refractivity (Wildman–Crippen MR) is 67.5 cm³/mol. The van der Waals surface area contributed by atoms with Crippen LogP contribution in [0.5, 0.6) is 0 Å². The second-order valence-corrected chi connectivity index (χ2v) is 4.69. The summed E-state index contributed by atoms with van der Waals surface area (Å²) in [5, 5.41) is 7.29. The highest BCUT2D eigenvalue weighted by atomic mass is 32.1. The molecule has 2 rings (SSSR count). The lowest BCUT2D eigenvalue weighted by atomic mass is 10.1. The van der Waals surface area contributed by atoms with Crippen LogP contribution in [0.3, 0.4) is 0 Å². The van der Waals surface area contributed by atoms with Crippen LogP contribution in [0.4, 0.5) is 10.1 Å². The molecule has 3 heteroatoms. The van der Waals surface area contributed by atoms with Crippen molar-refractivity contribution in [3.05, 3.63) is 52.0 Å². The topological polar surface area (TPSA) is 12.0 Å². The summed E-state index contributed by atoms with van der Waals surface area (Å²) in [6, 6.07) is 7.28. The zero-order chi connectivity index (χ0) is 11.5. The van der Waals surface area contributed by atoms with Crippen molar-refractivity contribution < 1.29 is 4.39 Å². The average molecular weight is 235 g/mol. The van der Waals surface area contributed by atoms with E-state index in [1.54, 1.807) is 17.4 Å². The van der Waals surface area contributed by atoms with E-state index in [2.05, 4.69) is 16.8 Å². The highest BCUT2D eigenvalue weighted by Gasteiger charge is 2.08. The second kappa shape index (κ2) is 4.66. The van der Waals surface area contributed by atoms with Gasteiger partial charge in [0.05, 0.1) is 5.69 Å². The van der Waals surface area contributed by atoms with E-state index < -0.39 is 0 Å². The highest BCUT2D eigenvalue weighted by molar-refractivity contribution is 7.07. The van der Waals surface area contributed by atoms with Gasteiger partial charge in [-0.3, -0.25) is 0 Å². The predicted octanol–water partition coefficient (Wildman–Crippen LogP) is 4.37. The second-order valence-electron chi connectivity index (χ2n) is 3.91. The molecule has 0 saturated heterocycles. The van der Waals surface area contributed by atoms with E-state index in [9.17, 15) is 4.39 Å².